The van der Waals surface area contributed by atoms with Gasteiger partial charge < -0.3 is 14.0 Å². The summed E-state index contributed by atoms with van der Waals surface area (Å²) in [5, 5.41) is 0.179. The van der Waals surface area contributed by atoms with Gasteiger partial charge >= 0.3 is 0 Å². The third-order valence-electron chi connectivity index (χ3n) is 4.20. The maximum absolute atomic E-state index is 10.9. The Kier molecular flexibility index (Phi) is 4.57. The van der Waals surface area contributed by atoms with Crippen LogP contribution in [-0.4, -0.2) is 32.9 Å². The van der Waals surface area contributed by atoms with Gasteiger partial charge in [0, 0.05) is 0 Å². The van der Waals surface area contributed by atoms with Crippen molar-refractivity contribution in [2.45, 2.75) is 63.5 Å². The minimum atomic E-state index is -1.78. The average molecular weight is 270 g/mol. The summed E-state index contributed by atoms with van der Waals surface area (Å²) in [6.07, 6.45) is 4.12. The van der Waals surface area contributed by atoms with Crippen LogP contribution in [0, 0.1) is 0 Å². The minimum Gasteiger partial charge on any atom is -0.414 e. The average Bonchev–Trinajstić information content (AvgIpc) is 2.97. The van der Waals surface area contributed by atoms with Gasteiger partial charge in [0.05, 0.1) is 6.61 Å². The maximum Gasteiger partial charge on any atom is 0.192 e. The first-order valence-electron chi connectivity index (χ1n) is 6.56. The molecule has 3 nitrogen and oxygen atoms in total. The van der Waals surface area contributed by atoms with Crippen LogP contribution in [0.2, 0.25) is 18.1 Å². The summed E-state index contributed by atoms with van der Waals surface area (Å²) >= 11 is 0. The van der Waals surface area contributed by atoms with E-state index in [0.717, 1.165) is 19.1 Å². The van der Waals surface area contributed by atoms with Crippen molar-refractivity contribution in [1.82, 2.24) is 0 Å². The van der Waals surface area contributed by atoms with Crippen molar-refractivity contribution in [3.8, 4) is 0 Å². The Hall–Kier alpha value is -0.453. The second-order valence-corrected chi connectivity index (χ2v) is 11.4. The maximum atomic E-state index is 10.9. The molecule has 104 valence electrons. The molecule has 0 aromatic rings. The Bertz CT molecular complexity index is 319. The third kappa shape index (κ3) is 3.31. The molecule has 0 amide bonds. The van der Waals surface area contributed by atoms with Gasteiger partial charge in [0.15, 0.2) is 14.6 Å². The summed E-state index contributed by atoms with van der Waals surface area (Å²) < 4.78 is 11.7. The Labute approximate surface area is 112 Å². The fraction of sp³-hybridized carbons (Fsp3) is 0.786. The van der Waals surface area contributed by atoms with Crippen LogP contribution in [0.5, 0.6) is 0 Å². The zero-order valence-corrected chi connectivity index (χ0v) is 13.3. The highest BCUT2D eigenvalue weighted by Crippen LogP contribution is 2.43. The quantitative estimate of drug-likeness (QED) is 0.308. The summed E-state index contributed by atoms with van der Waals surface area (Å²) in [6.45, 7) is 15.3. The molecule has 1 aliphatic rings. The van der Waals surface area contributed by atoms with E-state index in [1.165, 1.54) is 0 Å². The van der Waals surface area contributed by atoms with Crippen molar-refractivity contribution in [2.24, 2.45) is 0 Å². The molecule has 1 heterocycles. The van der Waals surface area contributed by atoms with Crippen LogP contribution in [-0.2, 0) is 14.0 Å². The van der Waals surface area contributed by atoms with Gasteiger partial charge in [-0.2, -0.15) is 0 Å². The van der Waals surface area contributed by atoms with E-state index < -0.39 is 8.32 Å². The molecule has 0 saturated carbocycles. The van der Waals surface area contributed by atoms with Crippen molar-refractivity contribution in [3.63, 3.8) is 0 Å². The lowest BCUT2D eigenvalue weighted by molar-refractivity contribution is -0.108. The van der Waals surface area contributed by atoms with Gasteiger partial charge in [0.25, 0.3) is 0 Å². The molecule has 1 saturated heterocycles. The number of epoxide rings is 1. The zero-order valence-electron chi connectivity index (χ0n) is 12.3. The van der Waals surface area contributed by atoms with Gasteiger partial charge in [-0.05, 0) is 31.0 Å². The Balaban J connectivity index is 2.60. The minimum absolute atomic E-state index is 0.179. The van der Waals surface area contributed by atoms with Gasteiger partial charge in [-0.15, -0.1) is 6.58 Å². The summed E-state index contributed by atoms with van der Waals surface area (Å²) in [4.78, 5) is 10.9. The highest BCUT2D eigenvalue weighted by molar-refractivity contribution is 6.74. The zero-order chi connectivity index (χ0) is 14.0. The van der Waals surface area contributed by atoms with Crippen molar-refractivity contribution in [2.75, 3.05) is 6.61 Å². The van der Waals surface area contributed by atoms with Crippen LogP contribution >= 0.6 is 0 Å². The molecule has 0 spiro atoms. The number of hydrogen-bond acceptors (Lipinski definition) is 3. The normalized spacial score (nSPS) is 27.9. The largest absolute Gasteiger partial charge is 0.414 e. The van der Waals surface area contributed by atoms with Gasteiger partial charge in [-0.1, -0.05) is 26.8 Å². The van der Waals surface area contributed by atoms with Crippen molar-refractivity contribution in [1.29, 1.82) is 0 Å². The molecule has 0 bridgehead atoms. The highest BCUT2D eigenvalue weighted by Gasteiger charge is 2.57. The predicted molar refractivity (Wildman–Crippen MR) is 76.2 cm³/mol. The molecule has 1 rings (SSSR count). The molecule has 0 radical (unpaired) electrons. The van der Waals surface area contributed by atoms with Gasteiger partial charge in [0.1, 0.15) is 11.7 Å². The lowest BCUT2D eigenvalue weighted by atomic mass is 10.0. The van der Waals surface area contributed by atoms with E-state index in [0.29, 0.717) is 6.61 Å². The number of rotatable bonds is 7. The molecule has 0 aromatic heterocycles. The van der Waals surface area contributed by atoms with E-state index in [-0.39, 0.29) is 16.7 Å². The lowest BCUT2D eigenvalue weighted by Gasteiger charge is -2.37. The van der Waals surface area contributed by atoms with E-state index >= 15 is 0 Å². The fourth-order valence-electron chi connectivity index (χ4n) is 1.63. The van der Waals surface area contributed by atoms with Crippen LogP contribution in [0.4, 0.5) is 0 Å². The molecule has 0 N–H and O–H groups in total. The number of allylic oxidation sites excluding steroid dienone is 1. The Morgan fingerprint density at radius 2 is 2.06 bits per heavy atom. The molecule has 0 unspecified atom stereocenters. The van der Waals surface area contributed by atoms with E-state index in [9.17, 15) is 4.79 Å². The summed E-state index contributed by atoms with van der Waals surface area (Å²) in [5.74, 6) is 0. The van der Waals surface area contributed by atoms with Crippen LogP contribution in [0.15, 0.2) is 12.7 Å². The lowest BCUT2D eigenvalue weighted by Crippen LogP contribution is -2.43. The van der Waals surface area contributed by atoms with Crippen LogP contribution in [0.25, 0.3) is 0 Å². The number of carbonyl (C=O) groups is 1. The summed E-state index contributed by atoms with van der Waals surface area (Å²) in [6, 6.07) is 0. The second-order valence-electron chi connectivity index (χ2n) is 6.62. The first-order valence-corrected chi connectivity index (χ1v) is 9.47. The number of hydrogen-bond donors (Lipinski definition) is 0. The van der Waals surface area contributed by atoms with Gasteiger partial charge in [0.2, 0.25) is 0 Å². The van der Waals surface area contributed by atoms with Crippen LogP contribution < -0.4 is 0 Å². The van der Waals surface area contributed by atoms with E-state index in [1.54, 1.807) is 0 Å². The smallest absolute Gasteiger partial charge is 0.192 e. The first kappa shape index (κ1) is 15.6. The van der Waals surface area contributed by atoms with Crippen molar-refractivity contribution in [3.05, 3.63) is 12.7 Å². The Morgan fingerprint density at radius 3 is 2.44 bits per heavy atom. The molecular formula is C14H26O3Si. The number of ether oxygens (including phenoxy) is 1. The molecule has 2 atom stereocenters. The first-order chi connectivity index (χ1) is 8.18. The predicted octanol–water partition coefficient (Wildman–Crippen LogP) is 3.31. The van der Waals surface area contributed by atoms with Crippen molar-refractivity contribution >= 4 is 14.6 Å². The van der Waals surface area contributed by atoms with E-state index in [2.05, 4.69) is 40.4 Å². The van der Waals surface area contributed by atoms with Gasteiger partial charge in [-0.25, -0.2) is 0 Å². The summed E-state index contributed by atoms with van der Waals surface area (Å²) in [7, 11) is -1.78. The second kappa shape index (κ2) is 5.27. The summed E-state index contributed by atoms with van der Waals surface area (Å²) in [5.41, 5.74) is -0.383. The number of aldehydes is 1. The van der Waals surface area contributed by atoms with E-state index in [4.69, 9.17) is 9.16 Å². The topological polar surface area (TPSA) is 38.8 Å². The standard InChI is InChI=1S/C14H26O3Si/c1-7-8-9-14(12(10-15)17-14)11-16-18(5,6)13(2,3)4/h7,10,12H,1,8-9,11H2,2-6H3/t12-,14+/m0/s1. The molecular weight excluding hydrogens is 244 g/mol. The molecule has 1 aliphatic heterocycles. The number of carbonyl (C=O) groups excluding carboxylic acids is 1. The molecule has 18 heavy (non-hydrogen) atoms. The monoisotopic (exact) mass is 270 g/mol. The third-order valence-corrected chi connectivity index (χ3v) is 8.68. The van der Waals surface area contributed by atoms with E-state index in [1.807, 2.05) is 6.08 Å². The SMILES string of the molecule is C=CCC[C@]1(CO[Si](C)(C)C(C)(C)C)O[C@H]1C=O. The van der Waals surface area contributed by atoms with Crippen LogP contribution in [0.1, 0.15) is 33.6 Å². The molecule has 1 fully saturated rings. The highest BCUT2D eigenvalue weighted by atomic mass is 28.4. The molecule has 4 heteroatoms. The van der Waals surface area contributed by atoms with Gasteiger partial charge in [-0.3, -0.25) is 0 Å². The molecule has 0 aliphatic carbocycles. The fourth-order valence-corrected chi connectivity index (χ4v) is 2.66. The van der Waals surface area contributed by atoms with Crippen LogP contribution in [0.3, 0.4) is 0 Å². The van der Waals surface area contributed by atoms with Crippen molar-refractivity contribution < 1.29 is 14.0 Å². The Morgan fingerprint density at radius 1 is 1.44 bits per heavy atom. The molecule has 0 aromatic carbocycles.